The molecule has 2 atom stereocenters. The third kappa shape index (κ3) is 5.91. The number of hydrogen-bond donors (Lipinski definition) is 2. The maximum atomic E-state index is 12.0. The first-order valence-corrected chi connectivity index (χ1v) is 7.98. The minimum absolute atomic E-state index is 0.122. The average Bonchev–Trinajstić information content (AvgIpc) is 2.93. The highest BCUT2D eigenvalue weighted by molar-refractivity contribution is 5.77. The van der Waals surface area contributed by atoms with Crippen molar-refractivity contribution < 1.29 is 14.7 Å². The number of carboxylic acids is 1. The number of carboxylic acid groups (broad SMARTS) is 1. The Kier molecular flexibility index (Phi) is 7.50. The molecule has 2 unspecified atom stereocenters. The van der Waals surface area contributed by atoms with Crippen LogP contribution in [0.1, 0.15) is 40.0 Å². The quantitative estimate of drug-likeness (QED) is 0.714. The summed E-state index contributed by atoms with van der Waals surface area (Å²) < 4.78 is 0. The van der Waals surface area contributed by atoms with Crippen molar-refractivity contribution in [3.63, 3.8) is 0 Å². The smallest absolute Gasteiger partial charge is 0.317 e. The zero-order valence-corrected chi connectivity index (χ0v) is 13.5. The van der Waals surface area contributed by atoms with Gasteiger partial charge in [0.05, 0.1) is 5.92 Å². The predicted molar refractivity (Wildman–Crippen MR) is 82.3 cm³/mol. The molecule has 0 bridgehead atoms. The minimum atomic E-state index is -0.808. The minimum Gasteiger partial charge on any atom is -0.481 e. The SMILES string of the molecule is CCN(CC)CCCC(C)NC(=O)N1CCC(C(=O)O)C1. The van der Waals surface area contributed by atoms with Crippen molar-refractivity contribution in [2.75, 3.05) is 32.7 Å². The van der Waals surface area contributed by atoms with Gasteiger partial charge in [-0.05, 0) is 45.8 Å². The largest absolute Gasteiger partial charge is 0.481 e. The average molecular weight is 299 g/mol. The van der Waals surface area contributed by atoms with Crippen molar-refractivity contribution in [1.82, 2.24) is 15.1 Å². The molecule has 2 amide bonds. The van der Waals surface area contributed by atoms with Crippen molar-refractivity contribution in [1.29, 1.82) is 0 Å². The van der Waals surface area contributed by atoms with E-state index in [9.17, 15) is 9.59 Å². The first kappa shape index (κ1) is 17.8. The number of nitrogens with one attached hydrogen (secondary N) is 1. The van der Waals surface area contributed by atoms with E-state index in [1.54, 1.807) is 4.90 Å². The standard InChI is InChI=1S/C15H29N3O3/c1-4-17(5-2)9-6-7-12(3)16-15(21)18-10-8-13(11-18)14(19)20/h12-13H,4-11H2,1-3H3,(H,16,21)(H,19,20). The number of hydrogen-bond acceptors (Lipinski definition) is 3. The van der Waals surface area contributed by atoms with Gasteiger partial charge in [0.25, 0.3) is 0 Å². The highest BCUT2D eigenvalue weighted by Crippen LogP contribution is 2.16. The zero-order valence-electron chi connectivity index (χ0n) is 13.5. The van der Waals surface area contributed by atoms with Crippen LogP contribution in [0.3, 0.4) is 0 Å². The lowest BCUT2D eigenvalue weighted by Gasteiger charge is -2.22. The van der Waals surface area contributed by atoms with E-state index in [0.29, 0.717) is 19.5 Å². The number of urea groups is 1. The van der Waals surface area contributed by atoms with E-state index in [0.717, 1.165) is 32.5 Å². The Hall–Kier alpha value is -1.30. The second-order valence-corrected chi connectivity index (χ2v) is 5.79. The van der Waals surface area contributed by atoms with Crippen molar-refractivity contribution >= 4 is 12.0 Å². The van der Waals surface area contributed by atoms with Gasteiger partial charge in [-0.15, -0.1) is 0 Å². The fourth-order valence-electron chi connectivity index (χ4n) is 2.68. The van der Waals surface area contributed by atoms with Crippen molar-refractivity contribution in [2.24, 2.45) is 5.92 Å². The predicted octanol–water partition coefficient (Wildman–Crippen LogP) is 1.61. The molecular formula is C15H29N3O3. The Morgan fingerprint density at radius 2 is 2.05 bits per heavy atom. The summed E-state index contributed by atoms with van der Waals surface area (Å²) >= 11 is 0. The molecule has 0 spiro atoms. The number of carbonyl (C=O) groups excluding carboxylic acids is 1. The molecule has 0 aromatic heterocycles. The Labute approximate surface area is 127 Å². The number of rotatable bonds is 8. The molecular weight excluding hydrogens is 270 g/mol. The zero-order chi connectivity index (χ0) is 15.8. The normalized spacial score (nSPS) is 19.8. The molecule has 0 radical (unpaired) electrons. The lowest BCUT2D eigenvalue weighted by Crippen LogP contribution is -2.43. The van der Waals surface area contributed by atoms with E-state index < -0.39 is 11.9 Å². The summed E-state index contributed by atoms with van der Waals surface area (Å²) in [6.07, 6.45) is 2.55. The van der Waals surface area contributed by atoms with Crippen molar-refractivity contribution in [2.45, 2.75) is 46.1 Å². The maximum Gasteiger partial charge on any atom is 0.317 e. The van der Waals surface area contributed by atoms with Crippen LogP contribution < -0.4 is 5.32 Å². The third-order valence-corrected chi connectivity index (χ3v) is 4.20. The highest BCUT2D eigenvalue weighted by atomic mass is 16.4. The summed E-state index contributed by atoms with van der Waals surface area (Å²) in [4.78, 5) is 26.9. The number of carbonyl (C=O) groups is 2. The molecule has 1 saturated heterocycles. The van der Waals surface area contributed by atoms with Gasteiger partial charge in [-0.25, -0.2) is 4.79 Å². The molecule has 21 heavy (non-hydrogen) atoms. The van der Waals surface area contributed by atoms with Gasteiger partial charge in [0.15, 0.2) is 0 Å². The second kappa shape index (κ2) is 8.87. The van der Waals surface area contributed by atoms with Gasteiger partial charge in [-0.1, -0.05) is 13.8 Å². The molecule has 0 aliphatic carbocycles. The van der Waals surface area contributed by atoms with Gasteiger partial charge in [0.1, 0.15) is 0 Å². The summed E-state index contributed by atoms with van der Waals surface area (Å²) in [7, 11) is 0. The first-order valence-electron chi connectivity index (χ1n) is 7.98. The summed E-state index contributed by atoms with van der Waals surface area (Å²) in [5, 5.41) is 11.9. The molecule has 1 fully saturated rings. The Morgan fingerprint density at radius 1 is 1.38 bits per heavy atom. The summed E-state index contributed by atoms with van der Waals surface area (Å²) in [5.41, 5.74) is 0. The van der Waals surface area contributed by atoms with Gasteiger partial charge >= 0.3 is 12.0 Å². The Bertz CT molecular complexity index is 345. The fraction of sp³-hybridized carbons (Fsp3) is 0.867. The van der Waals surface area contributed by atoms with E-state index in [1.165, 1.54) is 0 Å². The lowest BCUT2D eigenvalue weighted by atomic mass is 10.1. The van der Waals surface area contributed by atoms with E-state index in [4.69, 9.17) is 5.11 Å². The van der Waals surface area contributed by atoms with Crippen molar-refractivity contribution in [3.8, 4) is 0 Å². The third-order valence-electron chi connectivity index (χ3n) is 4.20. The van der Waals surface area contributed by atoms with Crippen LogP contribution in [0.25, 0.3) is 0 Å². The van der Waals surface area contributed by atoms with Gasteiger partial charge in [0.2, 0.25) is 0 Å². The molecule has 1 heterocycles. The number of nitrogens with zero attached hydrogens (tertiary/aromatic N) is 2. The number of amides is 2. The number of aliphatic carboxylic acids is 1. The summed E-state index contributed by atoms with van der Waals surface area (Å²) in [6.45, 7) is 10.3. The van der Waals surface area contributed by atoms with Gasteiger partial charge < -0.3 is 20.2 Å². The van der Waals surface area contributed by atoms with E-state index in [-0.39, 0.29) is 12.1 Å². The van der Waals surface area contributed by atoms with Crippen LogP contribution >= 0.6 is 0 Å². The topological polar surface area (TPSA) is 72.9 Å². The summed E-state index contributed by atoms with van der Waals surface area (Å²) in [6, 6.07) is -0.00831. The lowest BCUT2D eigenvalue weighted by molar-refractivity contribution is -0.141. The van der Waals surface area contributed by atoms with E-state index in [2.05, 4.69) is 24.1 Å². The van der Waals surface area contributed by atoms with Crippen LogP contribution in [-0.4, -0.2) is 65.7 Å². The Morgan fingerprint density at radius 3 is 2.57 bits per heavy atom. The maximum absolute atomic E-state index is 12.0. The molecule has 1 aliphatic rings. The number of likely N-dealkylation sites (tertiary alicyclic amines) is 1. The van der Waals surface area contributed by atoms with Crippen LogP contribution in [0.2, 0.25) is 0 Å². The van der Waals surface area contributed by atoms with Gasteiger partial charge in [-0.2, -0.15) is 0 Å². The van der Waals surface area contributed by atoms with E-state index >= 15 is 0 Å². The molecule has 6 nitrogen and oxygen atoms in total. The van der Waals surface area contributed by atoms with Crippen LogP contribution in [0, 0.1) is 5.92 Å². The van der Waals surface area contributed by atoms with E-state index in [1.807, 2.05) is 6.92 Å². The first-order chi connectivity index (χ1) is 9.97. The van der Waals surface area contributed by atoms with Crippen molar-refractivity contribution in [3.05, 3.63) is 0 Å². The molecule has 122 valence electrons. The fourth-order valence-corrected chi connectivity index (χ4v) is 2.68. The van der Waals surface area contributed by atoms with Gasteiger partial charge in [-0.3, -0.25) is 4.79 Å². The summed E-state index contributed by atoms with van der Waals surface area (Å²) in [5.74, 6) is -1.22. The van der Waals surface area contributed by atoms with Crippen LogP contribution in [-0.2, 0) is 4.79 Å². The molecule has 6 heteroatoms. The molecule has 0 aromatic carbocycles. The molecule has 1 rings (SSSR count). The van der Waals surface area contributed by atoms with Crippen LogP contribution in [0.5, 0.6) is 0 Å². The molecule has 0 aromatic rings. The molecule has 1 aliphatic heterocycles. The van der Waals surface area contributed by atoms with Crippen LogP contribution in [0.4, 0.5) is 4.79 Å². The second-order valence-electron chi connectivity index (χ2n) is 5.79. The monoisotopic (exact) mass is 299 g/mol. The van der Waals surface area contributed by atoms with Crippen LogP contribution in [0.15, 0.2) is 0 Å². The highest BCUT2D eigenvalue weighted by Gasteiger charge is 2.31. The van der Waals surface area contributed by atoms with Gasteiger partial charge in [0, 0.05) is 19.1 Å². The molecule has 0 saturated carbocycles. The molecule has 2 N–H and O–H groups in total. The Balaban J connectivity index is 2.23.